The van der Waals surface area contributed by atoms with Crippen molar-refractivity contribution in [3.8, 4) is 17.5 Å². The Morgan fingerprint density at radius 3 is 2.67 bits per heavy atom. The second kappa shape index (κ2) is 6.04. The molecule has 124 valence electrons. The summed E-state index contributed by atoms with van der Waals surface area (Å²) < 4.78 is 7.31. The van der Waals surface area contributed by atoms with Gasteiger partial charge >= 0.3 is 0 Å². The van der Waals surface area contributed by atoms with Gasteiger partial charge in [-0.3, -0.25) is 4.79 Å². The van der Waals surface area contributed by atoms with E-state index in [-0.39, 0.29) is 5.91 Å². The summed E-state index contributed by atoms with van der Waals surface area (Å²) in [7, 11) is 1.63. The Morgan fingerprint density at radius 1 is 1.33 bits per heavy atom. The minimum atomic E-state index is -0.685. The van der Waals surface area contributed by atoms with Gasteiger partial charge in [0.2, 0.25) is 0 Å². The molecule has 5 nitrogen and oxygen atoms in total. The van der Waals surface area contributed by atoms with Crippen molar-refractivity contribution < 1.29 is 9.53 Å². The molecule has 1 N–H and O–H groups in total. The fraction of sp³-hybridized carbons (Fsp3) is 0.368. The Morgan fingerprint density at radius 2 is 2.08 bits per heavy atom. The maximum atomic E-state index is 12.7. The number of methoxy groups -OCH3 is 1. The van der Waals surface area contributed by atoms with Gasteiger partial charge in [0, 0.05) is 23.1 Å². The lowest BCUT2D eigenvalue weighted by molar-refractivity contribution is 0.0881. The molecule has 1 aliphatic rings. The fourth-order valence-corrected chi connectivity index (χ4v) is 3.22. The van der Waals surface area contributed by atoms with E-state index in [2.05, 4.69) is 11.4 Å². The van der Waals surface area contributed by atoms with E-state index in [0.717, 1.165) is 42.1 Å². The molecule has 0 atom stereocenters. The first kappa shape index (κ1) is 16.1. The van der Waals surface area contributed by atoms with Crippen LogP contribution in [-0.4, -0.2) is 23.1 Å². The third kappa shape index (κ3) is 2.65. The third-order valence-corrected chi connectivity index (χ3v) is 4.76. The van der Waals surface area contributed by atoms with Gasteiger partial charge in [-0.1, -0.05) is 6.07 Å². The minimum absolute atomic E-state index is 0.182. The number of ether oxygens (including phenoxy) is 1. The Kier molecular flexibility index (Phi) is 4.06. The normalized spacial score (nSPS) is 15.2. The summed E-state index contributed by atoms with van der Waals surface area (Å²) in [6.45, 7) is 3.88. The van der Waals surface area contributed by atoms with Crippen LogP contribution in [0.2, 0.25) is 0 Å². The van der Waals surface area contributed by atoms with Crippen LogP contribution >= 0.6 is 0 Å². The number of hydrogen-bond acceptors (Lipinski definition) is 3. The Labute approximate surface area is 141 Å². The molecule has 2 aromatic rings. The highest BCUT2D eigenvalue weighted by Gasteiger charge is 2.39. The van der Waals surface area contributed by atoms with E-state index >= 15 is 0 Å². The molecule has 1 aromatic carbocycles. The number of amides is 1. The monoisotopic (exact) mass is 323 g/mol. The SMILES string of the molecule is COc1cccc(-n2c(C)cc(C(=O)NC3(C#N)CCC3)c2C)c1. The number of aryl methyl sites for hydroxylation is 1. The van der Waals surface area contributed by atoms with Gasteiger partial charge in [-0.25, -0.2) is 0 Å². The van der Waals surface area contributed by atoms with E-state index in [4.69, 9.17) is 4.74 Å². The number of aromatic nitrogens is 1. The summed E-state index contributed by atoms with van der Waals surface area (Å²) in [5, 5.41) is 12.2. The highest BCUT2D eigenvalue weighted by molar-refractivity contribution is 5.96. The fourth-order valence-electron chi connectivity index (χ4n) is 3.22. The summed E-state index contributed by atoms with van der Waals surface area (Å²) in [6.07, 6.45) is 2.43. The molecule has 1 heterocycles. The zero-order valence-electron chi connectivity index (χ0n) is 14.2. The molecule has 3 rings (SSSR count). The van der Waals surface area contributed by atoms with Crippen LogP contribution in [0, 0.1) is 25.2 Å². The molecule has 0 aliphatic heterocycles. The molecule has 0 spiro atoms. The van der Waals surface area contributed by atoms with E-state index in [1.165, 1.54) is 0 Å². The first-order valence-electron chi connectivity index (χ1n) is 8.07. The molecule has 1 amide bonds. The van der Waals surface area contributed by atoms with Crippen LogP contribution in [0.15, 0.2) is 30.3 Å². The van der Waals surface area contributed by atoms with Crippen LogP contribution in [0.3, 0.4) is 0 Å². The number of hydrogen-bond donors (Lipinski definition) is 1. The maximum absolute atomic E-state index is 12.7. The Bertz CT molecular complexity index is 826. The first-order valence-corrected chi connectivity index (χ1v) is 8.07. The van der Waals surface area contributed by atoms with Crippen molar-refractivity contribution >= 4 is 5.91 Å². The van der Waals surface area contributed by atoms with Gasteiger partial charge in [0.15, 0.2) is 0 Å². The summed E-state index contributed by atoms with van der Waals surface area (Å²) >= 11 is 0. The molecule has 0 saturated heterocycles. The van der Waals surface area contributed by atoms with Gasteiger partial charge in [0.05, 0.1) is 18.7 Å². The largest absolute Gasteiger partial charge is 0.497 e. The molecule has 0 bridgehead atoms. The van der Waals surface area contributed by atoms with Gasteiger partial charge in [-0.2, -0.15) is 5.26 Å². The molecule has 0 unspecified atom stereocenters. The summed E-state index contributed by atoms with van der Waals surface area (Å²) in [4.78, 5) is 12.7. The molecular formula is C19H21N3O2. The molecule has 1 fully saturated rings. The molecule has 1 aliphatic carbocycles. The number of nitrogens with one attached hydrogen (secondary N) is 1. The molecule has 1 saturated carbocycles. The summed E-state index contributed by atoms with van der Waals surface area (Å²) in [5.41, 5.74) is 2.69. The first-order chi connectivity index (χ1) is 11.5. The van der Waals surface area contributed by atoms with Gasteiger partial charge < -0.3 is 14.6 Å². The number of carbonyl (C=O) groups is 1. The van der Waals surface area contributed by atoms with Crippen LogP contribution < -0.4 is 10.1 Å². The molecule has 0 radical (unpaired) electrons. The van der Waals surface area contributed by atoms with Gasteiger partial charge in [0.1, 0.15) is 11.3 Å². The van der Waals surface area contributed by atoms with Crippen LogP contribution in [0.4, 0.5) is 0 Å². The summed E-state index contributed by atoms with van der Waals surface area (Å²) in [6, 6.07) is 11.8. The number of carbonyl (C=O) groups excluding carboxylic acids is 1. The lowest BCUT2D eigenvalue weighted by Gasteiger charge is -2.35. The second-order valence-electron chi connectivity index (χ2n) is 6.32. The van der Waals surface area contributed by atoms with Gasteiger partial charge in [-0.15, -0.1) is 0 Å². The lowest BCUT2D eigenvalue weighted by atomic mass is 9.78. The van der Waals surface area contributed by atoms with Gasteiger partial charge in [-0.05, 0) is 51.3 Å². The molecule has 24 heavy (non-hydrogen) atoms. The predicted molar refractivity (Wildman–Crippen MR) is 91.5 cm³/mol. The number of benzene rings is 1. The van der Waals surface area contributed by atoms with Crippen LogP contribution in [0.1, 0.15) is 41.0 Å². The summed E-state index contributed by atoms with van der Waals surface area (Å²) in [5.74, 6) is 0.586. The highest BCUT2D eigenvalue weighted by atomic mass is 16.5. The minimum Gasteiger partial charge on any atom is -0.497 e. The van der Waals surface area contributed by atoms with Crippen LogP contribution in [0.25, 0.3) is 5.69 Å². The Balaban J connectivity index is 1.94. The maximum Gasteiger partial charge on any atom is 0.254 e. The van der Waals surface area contributed by atoms with E-state index in [0.29, 0.717) is 5.56 Å². The van der Waals surface area contributed by atoms with Crippen LogP contribution in [-0.2, 0) is 0 Å². The Hall–Kier alpha value is -2.74. The average molecular weight is 323 g/mol. The van der Waals surface area contributed by atoms with Crippen LogP contribution in [0.5, 0.6) is 5.75 Å². The van der Waals surface area contributed by atoms with Crippen molar-refractivity contribution in [3.05, 3.63) is 47.3 Å². The second-order valence-corrected chi connectivity index (χ2v) is 6.32. The average Bonchev–Trinajstić information content (AvgIpc) is 2.85. The zero-order valence-corrected chi connectivity index (χ0v) is 14.2. The highest BCUT2D eigenvalue weighted by Crippen LogP contribution is 2.32. The molecule has 5 heteroatoms. The smallest absolute Gasteiger partial charge is 0.254 e. The topological polar surface area (TPSA) is 67.0 Å². The van der Waals surface area contributed by atoms with Crippen molar-refractivity contribution in [1.29, 1.82) is 5.26 Å². The predicted octanol–water partition coefficient (Wildman–Crippen LogP) is 3.28. The lowest BCUT2D eigenvalue weighted by Crippen LogP contribution is -2.52. The third-order valence-electron chi connectivity index (χ3n) is 4.76. The van der Waals surface area contributed by atoms with Crippen molar-refractivity contribution in [2.45, 2.75) is 38.6 Å². The van der Waals surface area contributed by atoms with E-state index in [1.807, 2.05) is 48.7 Å². The quantitative estimate of drug-likeness (QED) is 0.939. The number of nitrogens with zero attached hydrogens (tertiary/aromatic N) is 2. The zero-order chi connectivity index (χ0) is 17.3. The van der Waals surface area contributed by atoms with E-state index < -0.39 is 5.54 Å². The van der Waals surface area contributed by atoms with E-state index in [1.54, 1.807) is 7.11 Å². The van der Waals surface area contributed by atoms with E-state index in [9.17, 15) is 10.1 Å². The van der Waals surface area contributed by atoms with Gasteiger partial charge in [0.25, 0.3) is 5.91 Å². The van der Waals surface area contributed by atoms with Crippen molar-refractivity contribution in [3.63, 3.8) is 0 Å². The number of rotatable bonds is 4. The standard InChI is InChI=1S/C19H21N3O2/c1-13-10-17(18(23)21-19(12-20)8-5-9-19)14(2)22(13)15-6-4-7-16(11-15)24-3/h4,6-7,10-11H,5,8-9H2,1-3H3,(H,21,23). The van der Waals surface area contributed by atoms with Crippen molar-refractivity contribution in [2.75, 3.05) is 7.11 Å². The number of nitriles is 1. The van der Waals surface area contributed by atoms with Crippen molar-refractivity contribution in [1.82, 2.24) is 9.88 Å². The molecular weight excluding hydrogens is 302 g/mol. The van der Waals surface area contributed by atoms with Crippen molar-refractivity contribution in [2.24, 2.45) is 0 Å². The molecule has 1 aromatic heterocycles.